The molecule has 0 saturated heterocycles. The lowest BCUT2D eigenvalue weighted by atomic mass is 10.3. The summed E-state index contributed by atoms with van der Waals surface area (Å²) < 4.78 is 2.43. The van der Waals surface area contributed by atoms with E-state index in [9.17, 15) is 4.79 Å². The predicted molar refractivity (Wildman–Crippen MR) is 58.3 cm³/mol. The largest absolute Gasteiger partial charge is 0.310 e. The molecule has 0 aliphatic rings. The molecule has 1 rings (SSSR count). The van der Waals surface area contributed by atoms with Gasteiger partial charge in [0, 0.05) is 29.2 Å². The molecule has 0 spiro atoms. The lowest BCUT2D eigenvalue weighted by Gasteiger charge is -2.05. The normalized spacial score (nSPS) is 10.0. The Morgan fingerprint density at radius 3 is 2.92 bits per heavy atom. The van der Waals surface area contributed by atoms with E-state index < -0.39 is 0 Å². The number of nitrogens with zero attached hydrogens (tertiary/aromatic N) is 1. The molecule has 0 atom stereocenters. The third-order valence-electron chi connectivity index (χ3n) is 1.53. The predicted octanol–water partition coefficient (Wildman–Crippen LogP) is 2.41. The zero-order valence-corrected chi connectivity index (χ0v) is 9.31. The van der Waals surface area contributed by atoms with E-state index in [1.807, 2.05) is 0 Å². The summed E-state index contributed by atoms with van der Waals surface area (Å²) in [5.41, 5.74) is 0.774. The molecular weight excluding hydrogens is 253 g/mol. The fourth-order valence-corrected chi connectivity index (χ4v) is 1.37. The van der Waals surface area contributed by atoms with Crippen LogP contribution >= 0.6 is 27.5 Å². The third-order valence-corrected chi connectivity index (χ3v) is 2.38. The highest BCUT2D eigenvalue weighted by Gasteiger charge is 1.98. The van der Waals surface area contributed by atoms with Crippen LogP contribution in [0.5, 0.6) is 0 Å². The summed E-state index contributed by atoms with van der Waals surface area (Å²) in [6, 6.07) is 3.22. The molecule has 13 heavy (non-hydrogen) atoms. The number of hydrogen-bond donors (Lipinski definition) is 0. The van der Waals surface area contributed by atoms with E-state index >= 15 is 0 Å². The van der Waals surface area contributed by atoms with Crippen LogP contribution in [0.2, 0.25) is 0 Å². The maximum absolute atomic E-state index is 11.3. The minimum absolute atomic E-state index is 0.0468. The molecule has 0 N–H and O–H groups in total. The number of rotatable bonds is 3. The second-order valence-electron chi connectivity index (χ2n) is 2.70. The first kappa shape index (κ1) is 10.5. The molecule has 0 bridgehead atoms. The van der Waals surface area contributed by atoms with E-state index in [4.69, 9.17) is 11.6 Å². The van der Waals surface area contributed by atoms with E-state index in [2.05, 4.69) is 22.5 Å². The van der Waals surface area contributed by atoms with Gasteiger partial charge in [-0.1, -0.05) is 6.58 Å². The van der Waals surface area contributed by atoms with Crippen LogP contribution in [0.25, 0.3) is 0 Å². The average Bonchev–Trinajstić information content (AvgIpc) is 2.11. The van der Waals surface area contributed by atoms with Gasteiger partial charge in [0.05, 0.1) is 0 Å². The van der Waals surface area contributed by atoms with Crippen LogP contribution in [0.4, 0.5) is 0 Å². The van der Waals surface area contributed by atoms with Gasteiger partial charge in [-0.3, -0.25) is 4.79 Å². The van der Waals surface area contributed by atoms with Crippen molar-refractivity contribution in [2.24, 2.45) is 0 Å². The first-order valence-electron chi connectivity index (χ1n) is 3.72. The van der Waals surface area contributed by atoms with Crippen molar-refractivity contribution in [2.75, 3.05) is 5.88 Å². The van der Waals surface area contributed by atoms with Crippen LogP contribution in [0.3, 0.4) is 0 Å². The topological polar surface area (TPSA) is 22.0 Å². The Labute approximate surface area is 90.0 Å². The quantitative estimate of drug-likeness (QED) is 0.606. The molecule has 4 heteroatoms. The number of halogens is 2. The van der Waals surface area contributed by atoms with Crippen LogP contribution in [0.15, 0.2) is 39.7 Å². The Morgan fingerprint density at radius 1 is 1.62 bits per heavy atom. The summed E-state index contributed by atoms with van der Waals surface area (Å²) in [6.07, 6.45) is 1.72. The fraction of sp³-hybridized carbons (Fsp3) is 0.222. The van der Waals surface area contributed by atoms with Crippen molar-refractivity contribution in [3.05, 3.63) is 45.3 Å². The fourth-order valence-electron chi connectivity index (χ4n) is 0.909. The Balaban J connectivity index is 2.94. The highest BCUT2D eigenvalue weighted by atomic mass is 79.9. The highest BCUT2D eigenvalue weighted by Crippen LogP contribution is 2.06. The SMILES string of the molecule is C=C(CCl)Cn1cc(Br)ccc1=O. The van der Waals surface area contributed by atoms with E-state index in [0.29, 0.717) is 12.4 Å². The van der Waals surface area contributed by atoms with Gasteiger partial charge >= 0.3 is 0 Å². The molecule has 0 radical (unpaired) electrons. The Hall–Kier alpha value is -0.540. The molecule has 0 aliphatic carbocycles. The number of allylic oxidation sites excluding steroid dienone is 1. The Bertz CT molecular complexity index is 372. The first-order chi connectivity index (χ1) is 6.13. The minimum Gasteiger partial charge on any atom is -0.310 e. The van der Waals surface area contributed by atoms with E-state index in [1.54, 1.807) is 16.8 Å². The molecular formula is C9H9BrClNO. The summed E-state index contributed by atoms with van der Waals surface area (Å²) in [4.78, 5) is 11.3. The van der Waals surface area contributed by atoms with Crippen molar-refractivity contribution in [1.29, 1.82) is 0 Å². The standard InChI is InChI=1S/C9H9BrClNO/c1-7(4-11)5-12-6-8(10)2-3-9(12)13/h2-3,6H,1,4-5H2. The third kappa shape index (κ3) is 3.01. The van der Waals surface area contributed by atoms with Gasteiger partial charge in [0.2, 0.25) is 0 Å². The van der Waals surface area contributed by atoms with Gasteiger partial charge in [-0.05, 0) is 27.6 Å². The summed E-state index contributed by atoms with van der Waals surface area (Å²) in [5, 5.41) is 0. The van der Waals surface area contributed by atoms with Gasteiger partial charge in [0.25, 0.3) is 5.56 Å². The maximum atomic E-state index is 11.3. The van der Waals surface area contributed by atoms with Crippen LogP contribution in [-0.4, -0.2) is 10.4 Å². The molecule has 1 aromatic rings. The summed E-state index contributed by atoms with van der Waals surface area (Å²) in [5.74, 6) is 0.374. The van der Waals surface area contributed by atoms with Crippen LogP contribution < -0.4 is 5.56 Å². The van der Waals surface area contributed by atoms with Gasteiger partial charge in [-0.15, -0.1) is 11.6 Å². The van der Waals surface area contributed by atoms with E-state index in [0.717, 1.165) is 10.0 Å². The van der Waals surface area contributed by atoms with Crippen molar-refractivity contribution in [1.82, 2.24) is 4.57 Å². The average molecular weight is 263 g/mol. The molecule has 0 saturated carbocycles. The molecule has 0 aliphatic heterocycles. The van der Waals surface area contributed by atoms with Gasteiger partial charge in [-0.2, -0.15) is 0 Å². The van der Waals surface area contributed by atoms with Crippen LogP contribution in [-0.2, 0) is 6.54 Å². The van der Waals surface area contributed by atoms with Crippen molar-refractivity contribution in [3.8, 4) is 0 Å². The van der Waals surface area contributed by atoms with Gasteiger partial charge in [0.1, 0.15) is 0 Å². The molecule has 0 amide bonds. The molecule has 70 valence electrons. The molecule has 0 aromatic carbocycles. The smallest absolute Gasteiger partial charge is 0.250 e. The van der Waals surface area contributed by atoms with Crippen molar-refractivity contribution >= 4 is 27.5 Å². The number of hydrogen-bond acceptors (Lipinski definition) is 1. The highest BCUT2D eigenvalue weighted by molar-refractivity contribution is 9.10. The summed E-state index contributed by atoms with van der Waals surface area (Å²) >= 11 is 8.85. The van der Waals surface area contributed by atoms with E-state index in [-0.39, 0.29) is 5.56 Å². The lowest BCUT2D eigenvalue weighted by molar-refractivity contribution is 0.747. The van der Waals surface area contributed by atoms with Crippen molar-refractivity contribution in [3.63, 3.8) is 0 Å². The monoisotopic (exact) mass is 261 g/mol. The lowest BCUT2D eigenvalue weighted by Crippen LogP contribution is -2.19. The molecule has 0 unspecified atom stereocenters. The van der Waals surface area contributed by atoms with Gasteiger partial charge in [0.15, 0.2) is 0 Å². The molecule has 2 nitrogen and oxygen atoms in total. The second kappa shape index (κ2) is 4.63. The molecule has 0 fully saturated rings. The van der Waals surface area contributed by atoms with Crippen molar-refractivity contribution in [2.45, 2.75) is 6.54 Å². The molecule has 1 heterocycles. The Kier molecular flexibility index (Phi) is 3.75. The maximum Gasteiger partial charge on any atom is 0.250 e. The summed E-state index contributed by atoms with van der Waals surface area (Å²) in [6.45, 7) is 4.21. The number of aromatic nitrogens is 1. The Morgan fingerprint density at radius 2 is 2.31 bits per heavy atom. The molecule has 1 aromatic heterocycles. The van der Waals surface area contributed by atoms with Crippen LogP contribution in [0.1, 0.15) is 0 Å². The van der Waals surface area contributed by atoms with Gasteiger partial charge in [-0.25, -0.2) is 0 Å². The van der Waals surface area contributed by atoms with Gasteiger partial charge < -0.3 is 4.57 Å². The second-order valence-corrected chi connectivity index (χ2v) is 3.88. The zero-order chi connectivity index (χ0) is 9.84. The van der Waals surface area contributed by atoms with Crippen molar-refractivity contribution < 1.29 is 0 Å². The number of alkyl halides is 1. The first-order valence-corrected chi connectivity index (χ1v) is 5.05. The van der Waals surface area contributed by atoms with E-state index in [1.165, 1.54) is 6.07 Å². The zero-order valence-electron chi connectivity index (χ0n) is 6.96. The number of pyridine rings is 1. The van der Waals surface area contributed by atoms with Crippen LogP contribution in [0, 0.1) is 0 Å². The minimum atomic E-state index is -0.0468. The summed E-state index contributed by atoms with van der Waals surface area (Å²) in [7, 11) is 0.